The van der Waals surface area contributed by atoms with Gasteiger partial charge in [-0.05, 0) is 52.3 Å². The summed E-state index contributed by atoms with van der Waals surface area (Å²) in [6.07, 6.45) is 0. The van der Waals surface area contributed by atoms with Crippen molar-refractivity contribution < 1.29 is 8.42 Å². The third kappa shape index (κ3) is 3.59. The number of hydrogen-bond donors (Lipinski definition) is 1. The second kappa shape index (κ2) is 6.12. The van der Waals surface area contributed by atoms with Crippen molar-refractivity contribution in [1.29, 1.82) is 0 Å². The van der Waals surface area contributed by atoms with Gasteiger partial charge in [0.2, 0.25) is 0 Å². The normalized spacial score (nSPS) is 11.4. The SMILES string of the molecule is O=S(=O)(Nc1ccc(Cl)c(Cl)c1)c1ccc(Cl)c(Br)c1. The summed E-state index contributed by atoms with van der Waals surface area (Å²) in [4.78, 5) is 0.0832. The first-order chi connectivity index (χ1) is 9.29. The van der Waals surface area contributed by atoms with Gasteiger partial charge in [0.25, 0.3) is 10.0 Å². The molecule has 0 saturated carbocycles. The zero-order chi connectivity index (χ0) is 14.9. The number of sulfonamides is 1. The van der Waals surface area contributed by atoms with Gasteiger partial charge in [0.1, 0.15) is 0 Å². The second-order valence-corrected chi connectivity index (χ2v) is 7.57. The largest absolute Gasteiger partial charge is 0.280 e. The van der Waals surface area contributed by atoms with Crippen molar-refractivity contribution in [3.63, 3.8) is 0 Å². The van der Waals surface area contributed by atoms with Crippen molar-refractivity contribution in [3.8, 4) is 0 Å². The molecule has 0 bridgehead atoms. The van der Waals surface area contributed by atoms with E-state index in [1.165, 1.54) is 36.4 Å². The maximum Gasteiger partial charge on any atom is 0.261 e. The Hall–Kier alpha value is -0.460. The average molecular weight is 416 g/mol. The first kappa shape index (κ1) is 15.9. The zero-order valence-corrected chi connectivity index (χ0v) is 14.4. The monoisotopic (exact) mass is 413 g/mol. The van der Waals surface area contributed by atoms with Gasteiger partial charge in [-0.15, -0.1) is 0 Å². The molecule has 3 nitrogen and oxygen atoms in total. The molecular weight excluding hydrogens is 408 g/mol. The molecule has 0 aliphatic rings. The van der Waals surface area contributed by atoms with Crippen LogP contribution < -0.4 is 4.72 Å². The quantitative estimate of drug-likeness (QED) is 0.748. The fraction of sp³-hybridized carbons (Fsp3) is 0. The van der Waals surface area contributed by atoms with E-state index in [0.717, 1.165) is 0 Å². The summed E-state index contributed by atoms with van der Waals surface area (Å²) < 4.78 is 27.3. The fourth-order valence-corrected chi connectivity index (χ4v) is 3.44. The highest BCUT2D eigenvalue weighted by atomic mass is 79.9. The van der Waals surface area contributed by atoms with E-state index >= 15 is 0 Å². The van der Waals surface area contributed by atoms with E-state index in [9.17, 15) is 8.42 Å². The minimum atomic E-state index is -3.72. The minimum absolute atomic E-state index is 0.0832. The second-order valence-electron chi connectivity index (χ2n) is 3.81. The third-order valence-electron chi connectivity index (χ3n) is 2.37. The van der Waals surface area contributed by atoms with Crippen molar-refractivity contribution in [3.05, 3.63) is 55.9 Å². The van der Waals surface area contributed by atoms with Crippen LogP contribution in [-0.2, 0) is 10.0 Å². The molecule has 20 heavy (non-hydrogen) atoms. The van der Waals surface area contributed by atoms with Crippen LogP contribution in [0, 0.1) is 0 Å². The van der Waals surface area contributed by atoms with Crippen molar-refractivity contribution in [2.45, 2.75) is 4.90 Å². The predicted molar refractivity (Wildman–Crippen MR) is 86.4 cm³/mol. The summed E-state index contributed by atoms with van der Waals surface area (Å²) in [5.41, 5.74) is 0.325. The highest BCUT2D eigenvalue weighted by Crippen LogP contribution is 2.28. The summed E-state index contributed by atoms with van der Waals surface area (Å²) >= 11 is 20.6. The van der Waals surface area contributed by atoms with Gasteiger partial charge >= 0.3 is 0 Å². The lowest BCUT2D eigenvalue weighted by atomic mass is 10.3. The standard InChI is InChI=1S/C12H7BrCl3NO2S/c13-9-6-8(2-4-10(9)14)20(18,19)17-7-1-3-11(15)12(16)5-7/h1-6,17H. The molecule has 2 aromatic carbocycles. The summed E-state index contributed by atoms with van der Waals surface area (Å²) in [5.74, 6) is 0. The van der Waals surface area contributed by atoms with E-state index in [1.807, 2.05) is 0 Å². The number of hydrogen-bond acceptors (Lipinski definition) is 2. The maximum atomic E-state index is 12.2. The molecule has 0 heterocycles. The molecule has 106 valence electrons. The first-order valence-corrected chi connectivity index (χ1v) is 8.63. The van der Waals surface area contributed by atoms with Gasteiger partial charge in [-0.2, -0.15) is 0 Å². The van der Waals surface area contributed by atoms with E-state index < -0.39 is 10.0 Å². The molecule has 2 rings (SSSR count). The van der Waals surface area contributed by atoms with Gasteiger partial charge in [-0.3, -0.25) is 4.72 Å². The lowest BCUT2D eigenvalue weighted by Gasteiger charge is -2.09. The van der Waals surface area contributed by atoms with Gasteiger partial charge in [0.05, 0.1) is 25.7 Å². The summed E-state index contributed by atoms with van der Waals surface area (Å²) in [5, 5.41) is 1.05. The van der Waals surface area contributed by atoms with Gasteiger partial charge in [-0.25, -0.2) is 8.42 Å². The Balaban J connectivity index is 2.35. The lowest BCUT2D eigenvalue weighted by Crippen LogP contribution is -2.12. The van der Waals surface area contributed by atoms with Crippen molar-refractivity contribution in [1.82, 2.24) is 0 Å². The smallest absolute Gasteiger partial charge is 0.261 e. The third-order valence-corrected chi connectivity index (χ3v) is 5.71. The molecule has 0 fully saturated rings. The molecule has 0 unspecified atom stereocenters. The van der Waals surface area contributed by atoms with Crippen LogP contribution in [0.2, 0.25) is 15.1 Å². The Morgan fingerprint density at radius 3 is 2.15 bits per heavy atom. The van der Waals surface area contributed by atoms with Gasteiger partial charge < -0.3 is 0 Å². The molecular formula is C12H7BrCl3NO2S. The summed E-state index contributed by atoms with van der Waals surface area (Å²) in [6, 6.07) is 8.80. The molecule has 0 radical (unpaired) electrons. The highest BCUT2D eigenvalue weighted by Gasteiger charge is 2.16. The number of rotatable bonds is 3. The van der Waals surface area contributed by atoms with Crippen LogP contribution in [0.4, 0.5) is 5.69 Å². The number of benzene rings is 2. The molecule has 0 aliphatic heterocycles. The van der Waals surface area contributed by atoms with Gasteiger partial charge in [0.15, 0.2) is 0 Å². The van der Waals surface area contributed by atoms with E-state index in [4.69, 9.17) is 34.8 Å². The number of halogens is 4. The Labute approximate surface area is 140 Å². The molecule has 0 atom stereocenters. The topological polar surface area (TPSA) is 46.2 Å². The van der Waals surface area contributed by atoms with Gasteiger partial charge in [-0.1, -0.05) is 34.8 Å². The van der Waals surface area contributed by atoms with Crippen LogP contribution in [0.25, 0.3) is 0 Å². The molecule has 8 heteroatoms. The Morgan fingerprint density at radius 2 is 1.55 bits per heavy atom. The van der Waals surface area contributed by atoms with Crippen LogP contribution in [0.15, 0.2) is 45.8 Å². The van der Waals surface area contributed by atoms with Crippen molar-refractivity contribution in [2.75, 3.05) is 4.72 Å². The number of anilines is 1. The zero-order valence-electron chi connectivity index (χ0n) is 9.70. The summed E-state index contributed by atoms with van der Waals surface area (Å²) in [7, 11) is -3.72. The molecule has 0 spiro atoms. The van der Waals surface area contributed by atoms with Crippen LogP contribution >= 0.6 is 50.7 Å². The molecule has 0 aromatic heterocycles. The average Bonchev–Trinajstić information content (AvgIpc) is 2.37. The minimum Gasteiger partial charge on any atom is -0.280 e. The summed E-state index contributed by atoms with van der Waals surface area (Å²) in [6.45, 7) is 0. The molecule has 2 aromatic rings. The Morgan fingerprint density at radius 1 is 0.900 bits per heavy atom. The van der Waals surface area contributed by atoms with E-state index in [0.29, 0.717) is 20.2 Å². The molecule has 1 N–H and O–H groups in total. The molecule has 0 amide bonds. The van der Waals surface area contributed by atoms with E-state index in [-0.39, 0.29) is 9.92 Å². The van der Waals surface area contributed by atoms with Crippen LogP contribution in [-0.4, -0.2) is 8.42 Å². The van der Waals surface area contributed by atoms with E-state index in [2.05, 4.69) is 20.7 Å². The fourth-order valence-electron chi connectivity index (χ4n) is 1.42. The predicted octanol–water partition coefficient (Wildman–Crippen LogP) is 5.21. The molecule has 0 aliphatic carbocycles. The van der Waals surface area contributed by atoms with Crippen molar-refractivity contribution in [2.24, 2.45) is 0 Å². The van der Waals surface area contributed by atoms with Crippen molar-refractivity contribution >= 4 is 66.4 Å². The van der Waals surface area contributed by atoms with E-state index in [1.54, 1.807) is 0 Å². The maximum absolute atomic E-state index is 12.2. The Kier molecular flexibility index (Phi) is 4.87. The highest BCUT2D eigenvalue weighted by molar-refractivity contribution is 9.10. The van der Waals surface area contributed by atoms with Crippen LogP contribution in [0.1, 0.15) is 0 Å². The Bertz CT molecular complexity index is 765. The lowest BCUT2D eigenvalue weighted by molar-refractivity contribution is 0.601. The first-order valence-electron chi connectivity index (χ1n) is 5.22. The molecule has 0 saturated heterocycles. The van der Waals surface area contributed by atoms with Gasteiger partial charge in [0, 0.05) is 4.47 Å². The number of nitrogens with one attached hydrogen (secondary N) is 1. The van der Waals surface area contributed by atoms with Crippen LogP contribution in [0.5, 0.6) is 0 Å². The van der Waals surface area contributed by atoms with Crippen LogP contribution in [0.3, 0.4) is 0 Å².